The van der Waals surface area contributed by atoms with Crippen molar-refractivity contribution in [2.24, 2.45) is 5.92 Å². The molecule has 0 bridgehead atoms. The number of esters is 1. The average Bonchev–Trinajstić information content (AvgIpc) is 2.52. The zero-order valence-corrected chi connectivity index (χ0v) is 14.1. The Labute approximate surface area is 135 Å². The first-order chi connectivity index (χ1) is 10.7. The molecule has 1 saturated carbocycles. The Morgan fingerprint density at radius 1 is 1.05 bits per heavy atom. The molecule has 1 rings (SSSR count). The molecule has 22 heavy (non-hydrogen) atoms. The van der Waals surface area contributed by atoms with Gasteiger partial charge in [-0.15, -0.1) is 0 Å². The van der Waals surface area contributed by atoms with Crippen molar-refractivity contribution in [3.63, 3.8) is 0 Å². The molecule has 0 spiro atoms. The number of hydrogen-bond donors (Lipinski definition) is 2. The van der Waals surface area contributed by atoms with Crippen LogP contribution < -0.4 is 0 Å². The van der Waals surface area contributed by atoms with Gasteiger partial charge in [0.15, 0.2) is 0 Å². The molecule has 1 aliphatic rings. The predicted octanol–water partition coefficient (Wildman–Crippen LogP) is 3.58. The van der Waals surface area contributed by atoms with Gasteiger partial charge in [-0.3, -0.25) is 4.79 Å². The molecule has 1 aliphatic carbocycles. The third-order valence-corrected chi connectivity index (χ3v) is 4.64. The highest BCUT2D eigenvalue weighted by Gasteiger charge is 2.31. The van der Waals surface area contributed by atoms with E-state index in [1.165, 1.54) is 38.5 Å². The summed E-state index contributed by atoms with van der Waals surface area (Å²) in [6, 6.07) is 0. The Bertz CT molecular complexity index is 293. The van der Waals surface area contributed by atoms with E-state index in [-0.39, 0.29) is 24.6 Å². The van der Waals surface area contributed by atoms with Crippen LogP contribution in [0.3, 0.4) is 0 Å². The zero-order chi connectivity index (χ0) is 16.2. The molecule has 4 heteroatoms. The Hall–Kier alpha value is -0.610. The van der Waals surface area contributed by atoms with E-state index in [1.54, 1.807) is 0 Å². The minimum Gasteiger partial charge on any atom is -0.460 e. The van der Waals surface area contributed by atoms with Gasteiger partial charge in [0.1, 0.15) is 6.10 Å². The quantitative estimate of drug-likeness (QED) is 0.452. The lowest BCUT2D eigenvalue weighted by Crippen LogP contribution is -2.38. The molecule has 3 atom stereocenters. The van der Waals surface area contributed by atoms with E-state index in [2.05, 4.69) is 6.92 Å². The van der Waals surface area contributed by atoms with Crippen molar-refractivity contribution in [1.29, 1.82) is 0 Å². The van der Waals surface area contributed by atoms with Crippen molar-refractivity contribution >= 4 is 5.97 Å². The molecule has 0 aromatic carbocycles. The van der Waals surface area contributed by atoms with Gasteiger partial charge in [-0.2, -0.15) is 0 Å². The number of aliphatic hydroxyl groups excluding tert-OH is 2. The van der Waals surface area contributed by atoms with Gasteiger partial charge < -0.3 is 14.9 Å². The van der Waals surface area contributed by atoms with Crippen LogP contribution in [0.15, 0.2) is 0 Å². The highest BCUT2D eigenvalue weighted by atomic mass is 16.6. The first-order valence-corrected chi connectivity index (χ1v) is 9.15. The Kier molecular flexibility index (Phi) is 10.5. The van der Waals surface area contributed by atoms with Crippen LogP contribution in [0.4, 0.5) is 0 Å². The van der Waals surface area contributed by atoms with E-state index in [1.807, 2.05) is 0 Å². The van der Waals surface area contributed by atoms with Gasteiger partial charge in [0.25, 0.3) is 0 Å². The Morgan fingerprint density at radius 2 is 1.68 bits per heavy atom. The summed E-state index contributed by atoms with van der Waals surface area (Å²) in [5, 5.41) is 19.0. The van der Waals surface area contributed by atoms with Crippen molar-refractivity contribution in [2.75, 3.05) is 6.61 Å². The normalized spacial score (nSPS) is 25.1. The summed E-state index contributed by atoms with van der Waals surface area (Å²) in [6.45, 7) is 2.33. The Morgan fingerprint density at radius 3 is 2.27 bits per heavy atom. The molecule has 130 valence electrons. The third-order valence-electron chi connectivity index (χ3n) is 4.64. The smallest absolute Gasteiger partial charge is 0.306 e. The second-order valence-electron chi connectivity index (χ2n) is 6.68. The lowest BCUT2D eigenvalue weighted by Gasteiger charge is -2.31. The standard InChI is InChI=1S/C18H34O4/c1-2-3-4-5-6-7-8-9-10-18(21)22-17-12-11-15(14-19)13-16(17)20/h15-17,19-20H,2-14H2,1H3. The maximum atomic E-state index is 11.8. The molecule has 0 heterocycles. The molecular formula is C18H34O4. The molecule has 0 saturated heterocycles. The van der Waals surface area contributed by atoms with Crippen LogP contribution in [0.2, 0.25) is 0 Å². The summed E-state index contributed by atoms with van der Waals surface area (Å²) < 4.78 is 5.39. The van der Waals surface area contributed by atoms with Gasteiger partial charge in [0.2, 0.25) is 0 Å². The van der Waals surface area contributed by atoms with Crippen LogP contribution >= 0.6 is 0 Å². The molecule has 0 aromatic heterocycles. The Balaban J connectivity index is 2.01. The molecular weight excluding hydrogens is 280 g/mol. The summed E-state index contributed by atoms with van der Waals surface area (Å²) in [5.41, 5.74) is 0. The molecule has 3 unspecified atom stereocenters. The first-order valence-electron chi connectivity index (χ1n) is 9.15. The number of ether oxygens (including phenoxy) is 1. The predicted molar refractivity (Wildman–Crippen MR) is 87.5 cm³/mol. The maximum absolute atomic E-state index is 11.8. The van der Waals surface area contributed by atoms with E-state index < -0.39 is 6.10 Å². The van der Waals surface area contributed by atoms with Gasteiger partial charge in [0, 0.05) is 13.0 Å². The monoisotopic (exact) mass is 314 g/mol. The summed E-state index contributed by atoms with van der Waals surface area (Å²) in [6.07, 6.45) is 11.1. The zero-order valence-electron chi connectivity index (χ0n) is 14.1. The number of hydrogen-bond acceptors (Lipinski definition) is 4. The van der Waals surface area contributed by atoms with E-state index in [0.29, 0.717) is 19.3 Å². The maximum Gasteiger partial charge on any atom is 0.306 e. The van der Waals surface area contributed by atoms with Crippen LogP contribution in [0, 0.1) is 5.92 Å². The summed E-state index contributed by atoms with van der Waals surface area (Å²) in [7, 11) is 0. The van der Waals surface area contributed by atoms with Crippen molar-refractivity contribution in [3.8, 4) is 0 Å². The van der Waals surface area contributed by atoms with Gasteiger partial charge in [-0.1, -0.05) is 51.9 Å². The van der Waals surface area contributed by atoms with E-state index in [0.717, 1.165) is 19.3 Å². The van der Waals surface area contributed by atoms with Gasteiger partial charge in [-0.05, 0) is 31.6 Å². The van der Waals surface area contributed by atoms with E-state index in [9.17, 15) is 9.90 Å². The lowest BCUT2D eigenvalue weighted by atomic mass is 9.86. The second-order valence-corrected chi connectivity index (χ2v) is 6.68. The minimum atomic E-state index is -0.617. The fourth-order valence-corrected chi connectivity index (χ4v) is 3.14. The van der Waals surface area contributed by atoms with Crippen LogP contribution in [0.25, 0.3) is 0 Å². The van der Waals surface area contributed by atoms with Crippen molar-refractivity contribution in [1.82, 2.24) is 0 Å². The number of carbonyl (C=O) groups excluding carboxylic acids is 1. The molecule has 0 amide bonds. The highest BCUT2D eigenvalue weighted by Crippen LogP contribution is 2.26. The van der Waals surface area contributed by atoms with Crippen LogP contribution in [0.1, 0.15) is 84.0 Å². The molecule has 0 aromatic rings. The molecule has 1 fully saturated rings. The first kappa shape index (κ1) is 19.4. The highest BCUT2D eigenvalue weighted by molar-refractivity contribution is 5.69. The van der Waals surface area contributed by atoms with E-state index in [4.69, 9.17) is 9.84 Å². The van der Waals surface area contributed by atoms with Crippen molar-refractivity contribution in [3.05, 3.63) is 0 Å². The van der Waals surface area contributed by atoms with Crippen molar-refractivity contribution in [2.45, 2.75) is 96.2 Å². The average molecular weight is 314 g/mol. The topological polar surface area (TPSA) is 66.8 Å². The van der Waals surface area contributed by atoms with Gasteiger partial charge in [0.05, 0.1) is 6.10 Å². The molecule has 0 aliphatic heterocycles. The van der Waals surface area contributed by atoms with Crippen LogP contribution in [-0.4, -0.2) is 35.0 Å². The lowest BCUT2D eigenvalue weighted by molar-refractivity contribution is -0.159. The van der Waals surface area contributed by atoms with Gasteiger partial charge in [-0.25, -0.2) is 0 Å². The SMILES string of the molecule is CCCCCCCCCCC(=O)OC1CCC(CO)CC1O. The summed E-state index contributed by atoms with van der Waals surface area (Å²) in [5.74, 6) is -0.0323. The third kappa shape index (κ3) is 8.14. The number of carbonyl (C=O) groups is 1. The molecule has 4 nitrogen and oxygen atoms in total. The molecule has 0 radical (unpaired) electrons. The number of rotatable bonds is 11. The van der Waals surface area contributed by atoms with Crippen molar-refractivity contribution < 1.29 is 19.7 Å². The number of unbranched alkanes of at least 4 members (excludes halogenated alkanes) is 7. The van der Waals surface area contributed by atoms with Crippen LogP contribution in [-0.2, 0) is 9.53 Å². The van der Waals surface area contributed by atoms with E-state index >= 15 is 0 Å². The summed E-state index contributed by atoms with van der Waals surface area (Å²) >= 11 is 0. The minimum absolute atomic E-state index is 0.107. The fraction of sp³-hybridized carbons (Fsp3) is 0.944. The molecule has 2 N–H and O–H groups in total. The largest absolute Gasteiger partial charge is 0.460 e. The second kappa shape index (κ2) is 11.9. The number of aliphatic hydroxyl groups is 2. The van der Waals surface area contributed by atoms with Crippen LogP contribution in [0.5, 0.6) is 0 Å². The van der Waals surface area contributed by atoms with Gasteiger partial charge >= 0.3 is 5.97 Å². The summed E-state index contributed by atoms with van der Waals surface area (Å²) in [4.78, 5) is 11.8. The fourth-order valence-electron chi connectivity index (χ4n) is 3.14.